The number of benzene rings is 2. The van der Waals surface area contributed by atoms with Crippen LogP contribution in [0.2, 0.25) is 0 Å². The first-order chi connectivity index (χ1) is 15.6. The second-order valence-corrected chi connectivity index (χ2v) is 8.96. The fourth-order valence-corrected chi connectivity index (χ4v) is 4.52. The molecule has 3 rings (SSSR count). The largest absolute Gasteiger partial charge is 0.439 e. The van der Waals surface area contributed by atoms with Gasteiger partial charge in [-0.15, -0.1) is 0 Å². The van der Waals surface area contributed by atoms with Crippen LogP contribution >= 0.6 is 0 Å². The van der Waals surface area contributed by atoms with Crippen LogP contribution in [0.3, 0.4) is 0 Å². The third-order valence-corrected chi connectivity index (χ3v) is 6.44. The molecular weight excluding hydrogens is 442 g/mol. The number of rotatable bonds is 9. The Morgan fingerprint density at radius 2 is 1.36 bits per heavy atom. The summed E-state index contributed by atoms with van der Waals surface area (Å²) in [4.78, 5) is 0. The van der Waals surface area contributed by atoms with Crippen molar-refractivity contribution < 1.29 is 31.1 Å². The highest BCUT2D eigenvalue weighted by Crippen LogP contribution is 2.38. The predicted octanol–water partition coefficient (Wildman–Crippen LogP) is 8.42. The Balaban J connectivity index is 1.44. The van der Waals surface area contributed by atoms with Gasteiger partial charge in [0, 0.05) is 0 Å². The monoisotopic (exact) mass is 472 g/mol. The SMILES string of the molecule is CCCc1ccc(C2CCC(CCc3ccc(OC(F)(F)C(F)C(F)(F)F)cc3)CC2)cc1. The number of halogens is 6. The van der Waals surface area contributed by atoms with Gasteiger partial charge in [-0.25, -0.2) is 4.39 Å². The number of ether oxygens (including phenoxy) is 1. The Bertz CT molecular complexity index is 852. The molecular formula is C26H30F6O. The minimum Gasteiger partial charge on any atom is -0.430 e. The fraction of sp³-hybridized carbons (Fsp3) is 0.538. The van der Waals surface area contributed by atoms with E-state index in [2.05, 4.69) is 35.9 Å². The Morgan fingerprint density at radius 1 is 0.818 bits per heavy atom. The van der Waals surface area contributed by atoms with E-state index >= 15 is 0 Å². The van der Waals surface area contributed by atoms with Gasteiger partial charge in [0.2, 0.25) is 0 Å². The maximum absolute atomic E-state index is 13.4. The average Bonchev–Trinajstić information content (AvgIpc) is 2.78. The third-order valence-electron chi connectivity index (χ3n) is 6.44. The molecule has 0 aromatic heterocycles. The first-order valence-corrected chi connectivity index (χ1v) is 11.5. The Hall–Kier alpha value is -2.18. The van der Waals surface area contributed by atoms with Crippen molar-refractivity contribution in [3.05, 3.63) is 65.2 Å². The summed E-state index contributed by atoms with van der Waals surface area (Å²) in [5.41, 5.74) is 3.66. The molecule has 33 heavy (non-hydrogen) atoms. The molecule has 1 aliphatic carbocycles. The van der Waals surface area contributed by atoms with Crippen LogP contribution in [-0.4, -0.2) is 18.5 Å². The van der Waals surface area contributed by atoms with Gasteiger partial charge in [0.25, 0.3) is 6.17 Å². The van der Waals surface area contributed by atoms with E-state index in [9.17, 15) is 26.3 Å². The molecule has 1 fully saturated rings. The van der Waals surface area contributed by atoms with Gasteiger partial charge in [-0.05, 0) is 85.6 Å². The average molecular weight is 473 g/mol. The highest BCUT2D eigenvalue weighted by Gasteiger charge is 2.59. The summed E-state index contributed by atoms with van der Waals surface area (Å²) in [6.07, 6.45) is -6.56. The molecule has 0 N–H and O–H groups in total. The van der Waals surface area contributed by atoms with Gasteiger partial charge in [0.05, 0.1) is 0 Å². The van der Waals surface area contributed by atoms with Gasteiger partial charge in [0.15, 0.2) is 0 Å². The molecule has 1 nitrogen and oxygen atoms in total. The van der Waals surface area contributed by atoms with Gasteiger partial charge >= 0.3 is 12.3 Å². The van der Waals surface area contributed by atoms with E-state index in [0.29, 0.717) is 11.8 Å². The van der Waals surface area contributed by atoms with E-state index in [-0.39, 0.29) is 0 Å². The van der Waals surface area contributed by atoms with E-state index < -0.39 is 24.2 Å². The summed E-state index contributed by atoms with van der Waals surface area (Å²) in [6.45, 7) is 2.18. The van der Waals surface area contributed by atoms with Gasteiger partial charge in [0.1, 0.15) is 5.75 Å². The summed E-state index contributed by atoms with van der Waals surface area (Å²) in [7, 11) is 0. The van der Waals surface area contributed by atoms with Crippen LogP contribution < -0.4 is 4.74 Å². The van der Waals surface area contributed by atoms with Gasteiger partial charge in [-0.1, -0.05) is 49.7 Å². The normalized spacial score (nSPS) is 20.5. The van der Waals surface area contributed by atoms with Gasteiger partial charge in [-0.3, -0.25) is 0 Å². The molecule has 2 aromatic carbocycles. The van der Waals surface area contributed by atoms with Crippen LogP contribution in [0.5, 0.6) is 5.75 Å². The quantitative estimate of drug-likeness (QED) is 0.333. The summed E-state index contributed by atoms with van der Waals surface area (Å²) >= 11 is 0. The molecule has 7 heteroatoms. The van der Waals surface area contributed by atoms with E-state index in [4.69, 9.17) is 0 Å². The Kier molecular flexibility index (Phi) is 8.35. The maximum atomic E-state index is 13.4. The zero-order valence-electron chi connectivity index (χ0n) is 18.7. The van der Waals surface area contributed by atoms with Crippen molar-refractivity contribution in [2.24, 2.45) is 5.92 Å². The number of hydrogen-bond donors (Lipinski definition) is 0. The van der Waals surface area contributed by atoms with Crippen molar-refractivity contribution in [2.45, 2.75) is 82.7 Å². The van der Waals surface area contributed by atoms with Gasteiger partial charge in [-0.2, -0.15) is 22.0 Å². The molecule has 0 spiro atoms. The molecule has 2 aromatic rings. The first-order valence-electron chi connectivity index (χ1n) is 11.5. The summed E-state index contributed by atoms with van der Waals surface area (Å²) < 4.78 is 80.4. The molecule has 1 aliphatic rings. The van der Waals surface area contributed by atoms with Crippen LogP contribution in [0.1, 0.15) is 68.1 Å². The highest BCUT2D eigenvalue weighted by molar-refractivity contribution is 5.28. The second-order valence-electron chi connectivity index (χ2n) is 8.96. The number of alkyl halides is 6. The highest BCUT2D eigenvalue weighted by atomic mass is 19.4. The van der Waals surface area contributed by atoms with E-state index in [0.717, 1.165) is 69.1 Å². The van der Waals surface area contributed by atoms with Crippen molar-refractivity contribution in [1.82, 2.24) is 0 Å². The van der Waals surface area contributed by atoms with Crippen LogP contribution in [0.25, 0.3) is 0 Å². The molecule has 1 unspecified atom stereocenters. The topological polar surface area (TPSA) is 9.23 Å². The molecule has 0 bridgehead atoms. The van der Waals surface area contributed by atoms with Crippen molar-refractivity contribution in [2.75, 3.05) is 0 Å². The van der Waals surface area contributed by atoms with Crippen LogP contribution in [0.4, 0.5) is 26.3 Å². The minimum absolute atomic E-state index is 0.499. The molecule has 1 saturated carbocycles. The lowest BCUT2D eigenvalue weighted by molar-refractivity contribution is -0.304. The smallest absolute Gasteiger partial charge is 0.430 e. The zero-order chi connectivity index (χ0) is 24.1. The maximum Gasteiger partial charge on any atom is 0.439 e. The second kappa shape index (κ2) is 10.8. The molecule has 0 radical (unpaired) electrons. The van der Waals surface area contributed by atoms with Crippen LogP contribution in [0, 0.1) is 5.92 Å². The minimum atomic E-state index is -5.69. The van der Waals surface area contributed by atoms with Gasteiger partial charge < -0.3 is 4.74 Å². The Morgan fingerprint density at radius 3 is 1.91 bits per heavy atom. The number of aryl methyl sites for hydroxylation is 2. The molecule has 0 saturated heterocycles. The summed E-state index contributed by atoms with van der Waals surface area (Å²) in [5.74, 6) is 0.673. The van der Waals surface area contributed by atoms with Crippen molar-refractivity contribution in [3.8, 4) is 5.75 Å². The van der Waals surface area contributed by atoms with Crippen LogP contribution in [-0.2, 0) is 12.8 Å². The first kappa shape index (κ1) is 25.4. The Labute approximate surface area is 191 Å². The van der Waals surface area contributed by atoms with Crippen LogP contribution in [0.15, 0.2) is 48.5 Å². The summed E-state index contributed by atoms with van der Waals surface area (Å²) in [6, 6.07) is 14.4. The van der Waals surface area contributed by atoms with E-state index in [1.165, 1.54) is 23.3 Å². The fourth-order valence-electron chi connectivity index (χ4n) is 4.52. The lowest BCUT2D eigenvalue weighted by Crippen LogP contribution is -2.45. The molecule has 0 amide bonds. The molecule has 0 heterocycles. The zero-order valence-corrected chi connectivity index (χ0v) is 18.7. The third kappa shape index (κ3) is 7.15. The van der Waals surface area contributed by atoms with Crippen molar-refractivity contribution in [3.63, 3.8) is 0 Å². The van der Waals surface area contributed by atoms with E-state index in [1.807, 2.05) is 0 Å². The number of hydrogen-bond acceptors (Lipinski definition) is 1. The lowest BCUT2D eigenvalue weighted by atomic mass is 9.77. The molecule has 182 valence electrons. The molecule has 1 atom stereocenters. The molecule has 0 aliphatic heterocycles. The summed E-state index contributed by atoms with van der Waals surface area (Å²) in [5, 5.41) is 0. The van der Waals surface area contributed by atoms with Crippen molar-refractivity contribution >= 4 is 0 Å². The lowest BCUT2D eigenvalue weighted by Gasteiger charge is -2.29. The van der Waals surface area contributed by atoms with Crippen molar-refractivity contribution in [1.29, 1.82) is 0 Å². The predicted molar refractivity (Wildman–Crippen MR) is 116 cm³/mol. The standard InChI is InChI=1S/C26H30F6O/c1-2-3-18-6-12-21(13-7-18)22-14-8-19(9-15-22)4-5-20-10-16-23(17-11-20)33-26(31,32)24(27)25(28,29)30/h6-7,10-13,16-17,19,22,24H,2-5,8-9,14-15H2,1H3. The van der Waals surface area contributed by atoms with E-state index in [1.54, 1.807) is 0 Å².